The van der Waals surface area contributed by atoms with Crippen molar-refractivity contribution in [2.24, 2.45) is 5.92 Å². The first kappa shape index (κ1) is 30.7. The zero-order valence-electron chi connectivity index (χ0n) is 26.5. The average Bonchev–Trinajstić information content (AvgIpc) is 3.04. The third-order valence-corrected chi connectivity index (χ3v) is 9.75. The minimum Gasteiger partial charge on any atom is -0.369 e. The van der Waals surface area contributed by atoms with Crippen molar-refractivity contribution in [3.63, 3.8) is 0 Å². The lowest BCUT2D eigenvalue weighted by atomic mass is 9.83. The molecular weight excluding hydrogens is 600 g/mol. The Balaban J connectivity index is 1.18. The summed E-state index contributed by atoms with van der Waals surface area (Å²) >= 11 is 0. The highest BCUT2D eigenvalue weighted by molar-refractivity contribution is 6.07. The molecule has 4 heterocycles. The molecule has 0 aliphatic carbocycles. The van der Waals surface area contributed by atoms with E-state index in [2.05, 4.69) is 47.2 Å². The Kier molecular flexibility index (Phi) is 8.03. The number of aryl methyl sites for hydroxylation is 1. The first-order valence-electron chi connectivity index (χ1n) is 16.1. The molecule has 0 spiro atoms. The molecule has 0 saturated carbocycles. The molecule has 2 fully saturated rings. The smallest absolute Gasteiger partial charge is 0.261 e. The van der Waals surface area contributed by atoms with Crippen LogP contribution in [0, 0.1) is 24.5 Å². The minimum atomic E-state index is -0.966. The van der Waals surface area contributed by atoms with Crippen molar-refractivity contribution in [1.29, 1.82) is 0 Å². The van der Waals surface area contributed by atoms with E-state index in [0.717, 1.165) is 29.9 Å². The highest BCUT2D eigenvalue weighted by Gasteiger charge is 2.36. The van der Waals surface area contributed by atoms with Gasteiger partial charge in [-0.25, -0.2) is 8.78 Å². The predicted octanol–water partition coefficient (Wildman–Crippen LogP) is 5.66. The van der Waals surface area contributed by atoms with Crippen molar-refractivity contribution in [2.45, 2.75) is 38.8 Å². The number of benzene rings is 3. The van der Waals surface area contributed by atoms with Gasteiger partial charge in [-0.3, -0.25) is 14.4 Å². The largest absolute Gasteiger partial charge is 0.369 e. The summed E-state index contributed by atoms with van der Waals surface area (Å²) in [6.45, 7) is 7.67. The van der Waals surface area contributed by atoms with Gasteiger partial charge in [0.05, 0.1) is 11.4 Å². The van der Waals surface area contributed by atoms with Crippen LogP contribution in [0.15, 0.2) is 83.7 Å². The fraction of sp³-hybridized carbons (Fsp3) is 0.324. The number of hydrogen-bond donors (Lipinski definition) is 1. The normalized spacial score (nSPS) is 20.5. The molecule has 8 nitrogen and oxygen atoms in total. The van der Waals surface area contributed by atoms with Crippen molar-refractivity contribution in [2.75, 3.05) is 47.8 Å². The molecule has 3 aliphatic heterocycles. The first-order chi connectivity index (χ1) is 22.7. The number of amides is 2. The van der Waals surface area contributed by atoms with Gasteiger partial charge in [-0.2, -0.15) is 0 Å². The summed E-state index contributed by atoms with van der Waals surface area (Å²) in [6.07, 6.45) is 0.936. The summed E-state index contributed by atoms with van der Waals surface area (Å²) in [7, 11) is 0. The molecule has 2 amide bonds. The van der Waals surface area contributed by atoms with Gasteiger partial charge >= 0.3 is 0 Å². The Morgan fingerprint density at radius 2 is 1.62 bits per heavy atom. The van der Waals surface area contributed by atoms with E-state index in [0.29, 0.717) is 56.2 Å². The van der Waals surface area contributed by atoms with Crippen molar-refractivity contribution in [3.8, 4) is 0 Å². The Morgan fingerprint density at radius 1 is 0.851 bits per heavy atom. The second kappa shape index (κ2) is 12.3. The van der Waals surface area contributed by atoms with Gasteiger partial charge < -0.3 is 24.6 Å². The molecular formula is C37H37F2N5O3. The summed E-state index contributed by atoms with van der Waals surface area (Å²) in [5, 5.41) is 2.75. The second-order valence-electron chi connectivity index (χ2n) is 13.0. The van der Waals surface area contributed by atoms with Crippen LogP contribution in [0.5, 0.6) is 0 Å². The lowest BCUT2D eigenvalue weighted by Crippen LogP contribution is -2.53. The minimum absolute atomic E-state index is 0.0117. The highest BCUT2D eigenvalue weighted by atomic mass is 19.1. The Labute approximate surface area is 272 Å². The number of hydrogen-bond acceptors (Lipinski definition) is 5. The van der Waals surface area contributed by atoms with Crippen LogP contribution < -0.4 is 20.7 Å². The summed E-state index contributed by atoms with van der Waals surface area (Å²) in [4.78, 5) is 46.1. The van der Waals surface area contributed by atoms with Crippen LogP contribution in [-0.2, 0) is 6.54 Å². The van der Waals surface area contributed by atoms with Crippen molar-refractivity contribution < 1.29 is 18.4 Å². The van der Waals surface area contributed by atoms with E-state index >= 15 is 0 Å². The summed E-state index contributed by atoms with van der Waals surface area (Å²) in [5.74, 6) is -2.75. The van der Waals surface area contributed by atoms with Crippen LogP contribution in [0.1, 0.15) is 51.2 Å². The molecule has 2 bridgehead atoms. The van der Waals surface area contributed by atoms with Crippen LogP contribution in [-0.4, -0.2) is 60.0 Å². The Morgan fingerprint density at radius 3 is 2.38 bits per heavy atom. The standard InChI is InChI=1S/C37H37F2N5O3/c1-23-6-3-7-28(16-23)43-15-14-41(19-24(43)2)37(47)26-12-13-33(31(18-26)40-36(46)35-29(38)8-4-9-30(35)39)42-20-25-17-27(22-42)32-10-5-11-34(45)44(32)21-25/h3-13,16,18,24-25,27H,14-15,17,19-22H2,1-2H3,(H,40,46). The number of piperazine rings is 1. The van der Waals surface area contributed by atoms with Gasteiger partial charge in [0.2, 0.25) is 0 Å². The average molecular weight is 638 g/mol. The van der Waals surface area contributed by atoms with Crippen LogP contribution in [0.4, 0.5) is 25.8 Å². The van der Waals surface area contributed by atoms with E-state index in [1.807, 2.05) is 27.7 Å². The number of pyridine rings is 1. The number of anilines is 3. The number of fused-ring (bicyclic) bond motifs is 4. The van der Waals surface area contributed by atoms with E-state index in [1.165, 1.54) is 11.6 Å². The summed E-state index contributed by atoms with van der Waals surface area (Å²) < 4.78 is 31.1. The number of piperidine rings is 1. The van der Waals surface area contributed by atoms with Gasteiger partial charge in [-0.15, -0.1) is 0 Å². The topological polar surface area (TPSA) is 77.9 Å². The van der Waals surface area contributed by atoms with Crippen LogP contribution in [0.3, 0.4) is 0 Å². The molecule has 1 aromatic heterocycles. The number of carbonyl (C=O) groups excluding carboxylic acids is 2. The molecule has 47 heavy (non-hydrogen) atoms. The maximum atomic E-state index is 14.6. The molecule has 1 N–H and O–H groups in total. The maximum Gasteiger partial charge on any atom is 0.261 e. The van der Waals surface area contributed by atoms with E-state index < -0.39 is 23.1 Å². The number of rotatable bonds is 5. The third kappa shape index (κ3) is 5.88. The van der Waals surface area contributed by atoms with Gasteiger partial charge in [0.1, 0.15) is 17.2 Å². The van der Waals surface area contributed by atoms with Gasteiger partial charge in [0, 0.05) is 74.2 Å². The summed E-state index contributed by atoms with van der Waals surface area (Å²) in [5.41, 5.74) is 3.92. The van der Waals surface area contributed by atoms with Crippen LogP contribution in [0.25, 0.3) is 0 Å². The molecule has 0 radical (unpaired) electrons. The first-order valence-corrected chi connectivity index (χ1v) is 16.1. The fourth-order valence-corrected chi connectivity index (χ4v) is 7.55. The number of nitrogens with one attached hydrogen (secondary N) is 1. The molecule has 3 atom stereocenters. The van der Waals surface area contributed by atoms with E-state index in [1.54, 1.807) is 24.3 Å². The van der Waals surface area contributed by atoms with Gasteiger partial charge in [-0.05, 0) is 80.3 Å². The molecule has 242 valence electrons. The highest BCUT2D eigenvalue weighted by Crippen LogP contribution is 2.39. The molecule has 10 heteroatoms. The number of halogens is 2. The molecule has 3 aromatic carbocycles. The van der Waals surface area contributed by atoms with Crippen molar-refractivity contribution >= 4 is 28.9 Å². The zero-order chi connectivity index (χ0) is 32.8. The molecule has 3 unspecified atom stereocenters. The lowest BCUT2D eigenvalue weighted by molar-refractivity contribution is 0.0726. The molecule has 2 saturated heterocycles. The Bertz CT molecular complexity index is 1910. The van der Waals surface area contributed by atoms with E-state index in [4.69, 9.17) is 0 Å². The SMILES string of the molecule is Cc1cccc(N2CCN(C(=O)c3ccc(N4CC5CC(C4)c4cccc(=O)n4C5)c(NC(=O)c4c(F)cccc4F)c3)CC2C)c1. The van der Waals surface area contributed by atoms with Gasteiger partial charge in [-0.1, -0.05) is 24.3 Å². The number of nitrogens with zero attached hydrogens (tertiary/aromatic N) is 4. The zero-order valence-corrected chi connectivity index (χ0v) is 26.5. The molecule has 7 rings (SSSR count). The van der Waals surface area contributed by atoms with Gasteiger partial charge in [0.25, 0.3) is 17.4 Å². The fourth-order valence-electron chi connectivity index (χ4n) is 7.55. The summed E-state index contributed by atoms with van der Waals surface area (Å²) in [6, 6.07) is 22.2. The predicted molar refractivity (Wildman–Crippen MR) is 178 cm³/mol. The quantitative estimate of drug-likeness (QED) is 0.306. The lowest BCUT2D eigenvalue weighted by Gasteiger charge is -2.44. The molecule has 3 aliphatic rings. The van der Waals surface area contributed by atoms with Gasteiger partial charge in [0.15, 0.2) is 0 Å². The van der Waals surface area contributed by atoms with Crippen molar-refractivity contribution in [1.82, 2.24) is 9.47 Å². The van der Waals surface area contributed by atoms with Crippen molar-refractivity contribution in [3.05, 3.63) is 123 Å². The van der Waals surface area contributed by atoms with Crippen LogP contribution in [0.2, 0.25) is 0 Å². The monoisotopic (exact) mass is 637 g/mol. The number of carbonyl (C=O) groups is 2. The van der Waals surface area contributed by atoms with E-state index in [-0.39, 0.29) is 29.3 Å². The van der Waals surface area contributed by atoms with Crippen LogP contribution >= 0.6 is 0 Å². The second-order valence-corrected chi connectivity index (χ2v) is 13.0. The number of aromatic nitrogens is 1. The maximum absolute atomic E-state index is 14.6. The van der Waals surface area contributed by atoms with E-state index in [9.17, 15) is 23.2 Å². The molecule has 4 aromatic rings. The Hall–Kier alpha value is -4.99. The third-order valence-electron chi connectivity index (χ3n) is 9.75.